The maximum atomic E-state index is 16.3. The molecule has 3 aromatic carbocycles. The van der Waals surface area contributed by atoms with Gasteiger partial charge in [0, 0.05) is 27.9 Å². The summed E-state index contributed by atoms with van der Waals surface area (Å²) in [5, 5.41) is 0. The van der Waals surface area contributed by atoms with Gasteiger partial charge in [-0.3, -0.25) is 0 Å². The SMILES string of the molecule is C=C(C)C(=O)Oc1ccc(C#Cc2c(F)c(OC(=O)C(=C)C)c(/C=C/c3ccc(OC(=O)C(=C)C)cc3)c(F)c2OC(=O)C(=C)C)cc1. The van der Waals surface area contributed by atoms with Crippen LogP contribution in [0.25, 0.3) is 12.2 Å². The van der Waals surface area contributed by atoms with E-state index in [-0.39, 0.29) is 39.4 Å². The summed E-state index contributed by atoms with van der Waals surface area (Å²) in [5.41, 5.74) is -0.423. The Labute approximate surface area is 276 Å². The molecular formula is C38H30F2O8. The van der Waals surface area contributed by atoms with Gasteiger partial charge in [0.25, 0.3) is 0 Å². The van der Waals surface area contributed by atoms with E-state index in [1.54, 1.807) is 0 Å². The van der Waals surface area contributed by atoms with Crippen molar-refractivity contribution in [1.29, 1.82) is 0 Å². The Morgan fingerprint density at radius 2 is 0.979 bits per heavy atom. The van der Waals surface area contributed by atoms with Crippen LogP contribution in [0.1, 0.15) is 49.9 Å². The van der Waals surface area contributed by atoms with Crippen LogP contribution in [0.2, 0.25) is 0 Å². The van der Waals surface area contributed by atoms with Crippen LogP contribution in [0.15, 0.2) is 97.1 Å². The van der Waals surface area contributed by atoms with E-state index in [2.05, 4.69) is 38.2 Å². The summed E-state index contributed by atoms with van der Waals surface area (Å²) in [6, 6.07) is 11.7. The van der Waals surface area contributed by atoms with Gasteiger partial charge in [0.15, 0.2) is 23.1 Å². The smallest absolute Gasteiger partial charge is 0.338 e. The lowest BCUT2D eigenvalue weighted by Crippen LogP contribution is -2.15. The molecule has 0 aliphatic carbocycles. The molecule has 0 aliphatic heterocycles. The fraction of sp³-hybridized carbons (Fsp3) is 0.105. The Morgan fingerprint density at radius 3 is 1.44 bits per heavy atom. The van der Waals surface area contributed by atoms with Crippen molar-refractivity contribution in [3.05, 3.63) is 131 Å². The number of halogens is 2. The van der Waals surface area contributed by atoms with E-state index in [1.165, 1.54) is 82.3 Å². The lowest BCUT2D eigenvalue weighted by Gasteiger charge is -2.16. The highest BCUT2D eigenvalue weighted by Crippen LogP contribution is 2.39. The van der Waals surface area contributed by atoms with E-state index in [9.17, 15) is 19.2 Å². The zero-order valence-corrected chi connectivity index (χ0v) is 26.6. The minimum atomic E-state index is -1.31. The monoisotopic (exact) mass is 652 g/mol. The van der Waals surface area contributed by atoms with Crippen LogP contribution < -0.4 is 18.9 Å². The summed E-state index contributed by atoms with van der Waals surface area (Å²) >= 11 is 0. The van der Waals surface area contributed by atoms with Gasteiger partial charge in [-0.2, -0.15) is 0 Å². The van der Waals surface area contributed by atoms with Crippen LogP contribution in [-0.2, 0) is 19.2 Å². The summed E-state index contributed by atoms with van der Waals surface area (Å²) in [6.45, 7) is 19.6. The van der Waals surface area contributed by atoms with E-state index >= 15 is 8.78 Å². The van der Waals surface area contributed by atoms with Crippen molar-refractivity contribution in [2.75, 3.05) is 0 Å². The van der Waals surface area contributed by atoms with Crippen LogP contribution in [0.5, 0.6) is 23.0 Å². The first-order valence-electron chi connectivity index (χ1n) is 14.0. The highest BCUT2D eigenvalue weighted by Gasteiger charge is 2.29. The van der Waals surface area contributed by atoms with Crippen molar-refractivity contribution in [2.45, 2.75) is 27.7 Å². The highest BCUT2D eigenvalue weighted by atomic mass is 19.1. The van der Waals surface area contributed by atoms with Crippen LogP contribution in [-0.4, -0.2) is 23.9 Å². The normalized spacial score (nSPS) is 10.3. The maximum Gasteiger partial charge on any atom is 0.338 e. The molecule has 0 spiro atoms. The third-order valence-corrected chi connectivity index (χ3v) is 6.04. The summed E-state index contributed by atoms with van der Waals surface area (Å²) < 4.78 is 53.2. The average molecular weight is 653 g/mol. The topological polar surface area (TPSA) is 105 Å². The van der Waals surface area contributed by atoms with Crippen LogP contribution in [0.4, 0.5) is 8.78 Å². The predicted octanol–water partition coefficient (Wildman–Crippen LogP) is 7.46. The summed E-state index contributed by atoms with van der Waals surface area (Å²) in [4.78, 5) is 48.6. The molecule has 0 amide bonds. The number of esters is 4. The Bertz CT molecular complexity index is 1950. The van der Waals surface area contributed by atoms with Crippen molar-refractivity contribution >= 4 is 36.0 Å². The number of carbonyl (C=O) groups is 4. The second kappa shape index (κ2) is 15.8. The Kier molecular flexibility index (Phi) is 11.9. The molecule has 3 aromatic rings. The zero-order valence-electron chi connectivity index (χ0n) is 26.6. The minimum absolute atomic E-state index is 0.109. The Hall–Kier alpha value is -6.34. The third-order valence-electron chi connectivity index (χ3n) is 6.04. The number of carbonyl (C=O) groups excluding carboxylic acids is 4. The molecular weight excluding hydrogens is 622 g/mol. The first-order valence-corrected chi connectivity index (χ1v) is 14.0. The third kappa shape index (κ3) is 9.34. The molecule has 0 aromatic heterocycles. The Morgan fingerprint density at radius 1 is 0.562 bits per heavy atom. The van der Waals surface area contributed by atoms with Gasteiger partial charge >= 0.3 is 23.9 Å². The van der Waals surface area contributed by atoms with E-state index in [0.29, 0.717) is 5.56 Å². The van der Waals surface area contributed by atoms with Gasteiger partial charge in [0.05, 0.1) is 5.56 Å². The molecule has 48 heavy (non-hydrogen) atoms. The van der Waals surface area contributed by atoms with Crippen molar-refractivity contribution in [2.24, 2.45) is 0 Å². The predicted molar refractivity (Wildman–Crippen MR) is 176 cm³/mol. The van der Waals surface area contributed by atoms with Crippen LogP contribution in [0, 0.1) is 23.5 Å². The van der Waals surface area contributed by atoms with Gasteiger partial charge in [0.1, 0.15) is 17.1 Å². The van der Waals surface area contributed by atoms with Crippen molar-refractivity contribution in [3.8, 4) is 34.8 Å². The first-order chi connectivity index (χ1) is 22.6. The van der Waals surface area contributed by atoms with Gasteiger partial charge in [0.2, 0.25) is 0 Å². The maximum absolute atomic E-state index is 16.3. The molecule has 0 heterocycles. The van der Waals surface area contributed by atoms with E-state index in [4.69, 9.17) is 18.9 Å². The van der Waals surface area contributed by atoms with Gasteiger partial charge in [-0.1, -0.05) is 56.4 Å². The Balaban J connectivity index is 2.16. The van der Waals surface area contributed by atoms with E-state index in [1.807, 2.05) is 0 Å². The summed E-state index contributed by atoms with van der Waals surface area (Å²) in [6.07, 6.45) is 2.47. The molecule has 0 N–H and O–H groups in total. The molecule has 0 fully saturated rings. The molecule has 0 atom stereocenters. The number of hydrogen-bond acceptors (Lipinski definition) is 8. The molecule has 244 valence electrons. The molecule has 0 aliphatic rings. The van der Waals surface area contributed by atoms with Crippen molar-refractivity contribution < 1.29 is 46.9 Å². The average Bonchev–Trinajstić information content (AvgIpc) is 3.03. The number of benzene rings is 3. The molecule has 10 heteroatoms. The van der Waals surface area contributed by atoms with E-state index in [0.717, 1.165) is 6.08 Å². The molecule has 0 saturated carbocycles. The number of ether oxygens (including phenoxy) is 4. The largest absolute Gasteiger partial charge is 0.423 e. The van der Waals surface area contributed by atoms with Gasteiger partial charge in [-0.15, -0.1) is 0 Å². The fourth-order valence-electron chi connectivity index (χ4n) is 3.43. The minimum Gasteiger partial charge on any atom is -0.423 e. The second-order valence-electron chi connectivity index (χ2n) is 10.4. The van der Waals surface area contributed by atoms with Crippen molar-refractivity contribution in [1.82, 2.24) is 0 Å². The first kappa shape index (κ1) is 36.1. The number of hydrogen-bond donors (Lipinski definition) is 0. The summed E-state index contributed by atoms with van der Waals surface area (Å²) in [7, 11) is 0. The number of rotatable bonds is 10. The van der Waals surface area contributed by atoms with Crippen molar-refractivity contribution in [3.63, 3.8) is 0 Å². The lowest BCUT2D eigenvalue weighted by atomic mass is 10.0. The highest BCUT2D eigenvalue weighted by molar-refractivity contribution is 5.92. The van der Waals surface area contributed by atoms with Gasteiger partial charge < -0.3 is 18.9 Å². The zero-order chi connectivity index (χ0) is 35.7. The van der Waals surface area contributed by atoms with Crippen LogP contribution >= 0.6 is 0 Å². The quantitative estimate of drug-likeness (QED) is 0.0731. The van der Waals surface area contributed by atoms with E-state index < -0.39 is 58.1 Å². The molecule has 0 bridgehead atoms. The van der Waals surface area contributed by atoms with Gasteiger partial charge in [-0.05, 0) is 75.7 Å². The molecule has 0 unspecified atom stereocenters. The summed E-state index contributed by atoms with van der Waals surface area (Å²) in [5.74, 6) is -2.19. The molecule has 3 rings (SSSR count). The van der Waals surface area contributed by atoms with Gasteiger partial charge in [-0.25, -0.2) is 28.0 Å². The molecule has 0 radical (unpaired) electrons. The fourth-order valence-corrected chi connectivity index (χ4v) is 3.43. The molecule has 8 nitrogen and oxygen atoms in total. The second-order valence-corrected chi connectivity index (χ2v) is 10.4. The molecule has 0 saturated heterocycles. The lowest BCUT2D eigenvalue weighted by molar-refractivity contribution is -0.131. The standard InChI is InChI=1S/C38H30F2O8/c1-21(2)35(41)45-27-15-9-25(10-16-27)13-19-29-31(39)34(48-38(44)24(7)8)30(32(40)33(29)47-37(43)23(5)6)20-14-26-11-17-28(18-12-26)46-36(42)22(3)4/h9-13,15-19H,1,3,5,7H2,2,4,6,8H3/b19-13+. The van der Waals surface area contributed by atoms with Crippen LogP contribution in [0.3, 0.4) is 0 Å².